The van der Waals surface area contributed by atoms with Crippen LogP contribution in [0.15, 0.2) is 12.1 Å². The minimum atomic E-state index is 0.251. The summed E-state index contributed by atoms with van der Waals surface area (Å²) >= 11 is 0. The average molecular weight is 281 g/mol. The molecule has 2 atom stereocenters. The molecule has 0 aromatic heterocycles. The van der Waals surface area contributed by atoms with E-state index in [0.717, 1.165) is 18.6 Å². The molecule has 0 amide bonds. The fourth-order valence-electron chi connectivity index (χ4n) is 2.54. The van der Waals surface area contributed by atoms with Gasteiger partial charge in [-0.2, -0.15) is 0 Å². The van der Waals surface area contributed by atoms with Gasteiger partial charge in [-0.25, -0.2) is 0 Å². The topological polar surface area (TPSA) is 49.0 Å². The third-order valence-electron chi connectivity index (χ3n) is 3.72. The van der Waals surface area contributed by atoms with Crippen LogP contribution < -0.4 is 19.5 Å². The summed E-state index contributed by atoms with van der Waals surface area (Å²) in [5, 5.41) is 3.51. The first kappa shape index (κ1) is 14.9. The molecule has 1 aliphatic rings. The van der Waals surface area contributed by atoms with Crippen molar-refractivity contribution in [3.05, 3.63) is 17.7 Å². The van der Waals surface area contributed by atoms with Gasteiger partial charge in [0.25, 0.3) is 0 Å². The normalized spacial score (nSPS) is 21.8. The Morgan fingerprint density at radius 3 is 2.45 bits per heavy atom. The minimum Gasteiger partial charge on any atom is -0.493 e. The summed E-state index contributed by atoms with van der Waals surface area (Å²) in [4.78, 5) is 0. The van der Waals surface area contributed by atoms with Crippen molar-refractivity contribution in [2.45, 2.75) is 32.0 Å². The van der Waals surface area contributed by atoms with E-state index in [0.29, 0.717) is 29.8 Å². The Balaban J connectivity index is 2.14. The van der Waals surface area contributed by atoms with Crippen molar-refractivity contribution >= 4 is 0 Å². The second-order valence-corrected chi connectivity index (χ2v) is 4.85. The van der Waals surface area contributed by atoms with Crippen LogP contribution in [0, 0.1) is 0 Å². The fourth-order valence-corrected chi connectivity index (χ4v) is 2.54. The van der Waals surface area contributed by atoms with E-state index in [9.17, 15) is 0 Å². The van der Waals surface area contributed by atoms with Gasteiger partial charge in [0, 0.05) is 24.8 Å². The van der Waals surface area contributed by atoms with E-state index in [1.807, 2.05) is 12.1 Å². The Bertz CT molecular complexity index is 450. The summed E-state index contributed by atoms with van der Waals surface area (Å²) in [5.74, 6) is 2.02. The smallest absolute Gasteiger partial charge is 0.203 e. The molecule has 1 aliphatic heterocycles. The van der Waals surface area contributed by atoms with Crippen LogP contribution in [0.4, 0.5) is 0 Å². The van der Waals surface area contributed by atoms with Crippen LogP contribution in [0.2, 0.25) is 0 Å². The molecule has 1 fully saturated rings. The molecule has 20 heavy (non-hydrogen) atoms. The molecule has 0 radical (unpaired) electrons. The number of ether oxygens (including phenoxy) is 4. The molecule has 0 bridgehead atoms. The Morgan fingerprint density at radius 2 is 1.90 bits per heavy atom. The Labute approximate surface area is 120 Å². The summed E-state index contributed by atoms with van der Waals surface area (Å²) in [6.45, 7) is 3.63. The summed E-state index contributed by atoms with van der Waals surface area (Å²) in [6.07, 6.45) is 1.29. The van der Waals surface area contributed by atoms with Crippen LogP contribution >= 0.6 is 0 Å². The lowest BCUT2D eigenvalue weighted by Gasteiger charge is -2.19. The van der Waals surface area contributed by atoms with E-state index in [2.05, 4.69) is 12.2 Å². The van der Waals surface area contributed by atoms with Crippen LogP contribution in [0.3, 0.4) is 0 Å². The standard InChI is InChI=1S/C15H23NO4/c1-10-12(7-8-20-10)16-9-11-5-6-13(17-2)15(19-4)14(11)18-3/h5-6,10,12,16H,7-9H2,1-4H3. The van der Waals surface area contributed by atoms with Crippen molar-refractivity contribution in [2.75, 3.05) is 27.9 Å². The van der Waals surface area contributed by atoms with E-state index in [-0.39, 0.29) is 6.10 Å². The Kier molecular flexibility index (Phi) is 5.09. The minimum absolute atomic E-state index is 0.251. The maximum absolute atomic E-state index is 5.55. The lowest BCUT2D eigenvalue weighted by Crippen LogP contribution is -2.34. The third-order valence-corrected chi connectivity index (χ3v) is 3.72. The van der Waals surface area contributed by atoms with E-state index < -0.39 is 0 Å². The lowest BCUT2D eigenvalue weighted by molar-refractivity contribution is 0.113. The highest BCUT2D eigenvalue weighted by Gasteiger charge is 2.24. The molecular formula is C15H23NO4. The van der Waals surface area contributed by atoms with Crippen LogP contribution in [0.1, 0.15) is 18.9 Å². The first-order valence-electron chi connectivity index (χ1n) is 6.84. The first-order chi connectivity index (χ1) is 9.71. The number of benzene rings is 1. The quantitative estimate of drug-likeness (QED) is 0.864. The van der Waals surface area contributed by atoms with Crippen molar-refractivity contribution in [1.29, 1.82) is 0 Å². The summed E-state index contributed by atoms with van der Waals surface area (Å²) in [5.41, 5.74) is 1.05. The zero-order valence-corrected chi connectivity index (χ0v) is 12.6. The predicted molar refractivity (Wildman–Crippen MR) is 76.8 cm³/mol. The zero-order valence-electron chi connectivity index (χ0n) is 12.6. The highest BCUT2D eigenvalue weighted by atomic mass is 16.5. The van der Waals surface area contributed by atoms with Gasteiger partial charge < -0.3 is 24.3 Å². The third kappa shape index (κ3) is 2.99. The Hall–Kier alpha value is -1.46. The molecule has 2 rings (SSSR count). The fraction of sp³-hybridized carbons (Fsp3) is 0.600. The second kappa shape index (κ2) is 6.81. The number of methoxy groups -OCH3 is 3. The summed E-state index contributed by atoms with van der Waals surface area (Å²) in [6, 6.07) is 4.27. The van der Waals surface area contributed by atoms with Gasteiger partial charge in [-0.1, -0.05) is 6.07 Å². The van der Waals surface area contributed by atoms with Gasteiger partial charge in [0.15, 0.2) is 11.5 Å². The van der Waals surface area contributed by atoms with E-state index >= 15 is 0 Å². The number of hydrogen-bond donors (Lipinski definition) is 1. The molecule has 1 aromatic rings. The molecule has 5 nitrogen and oxygen atoms in total. The van der Waals surface area contributed by atoms with Gasteiger partial charge in [-0.05, 0) is 19.4 Å². The predicted octanol–water partition coefficient (Wildman–Crippen LogP) is 1.98. The number of nitrogens with one attached hydrogen (secondary N) is 1. The Morgan fingerprint density at radius 1 is 1.15 bits per heavy atom. The summed E-state index contributed by atoms with van der Waals surface area (Å²) < 4.78 is 21.7. The van der Waals surface area contributed by atoms with Crippen LogP contribution in [-0.2, 0) is 11.3 Å². The molecule has 1 aromatic carbocycles. The SMILES string of the molecule is COc1ccc(CNC2CCOC2C)c(OC)c1OC. The lowest BCUT2D eigenvalue weighted by atomic mass is 10.1. The maximum Gasteiger partial charge on any atom is 0.203 e. The molecule has 1 saturated heterocycles. The zero-order chi connectivity index (χ0) is 14.5. The maximum atomic E-state index is 5.55. The molecule has 1 N–H and O–H groups in total. The average Bonchev–Trinajstić information content (AvgIpc) is 2.89. The molecular weight excluding hydrogens is 258 g/mol. The second-order valence-electron chi connectivity index (χ2n) is 4.85. The highest BCUT2D eigenvalue weighted by molar-refractivity contribution is 5.55. The monoisotopic (exact) mass is 281 g/mol. The van der Waals surface area contributed by atoms with Gasteiger partial charge in [0.05, 0.1) is 27.4 Å². The van der Waals surface area contributed by atoms with Crippen LogP contribution in [0.5, 0.6) is 17.2 Å². The van der Waals surface area contributed by atoms with Crippen molar-refractivity contribution in [3.8, 4) is 17.2 Å². The van der Waals surface area contributed by atoms with Crippen LogP contribution in [-0.4, -0.2) is 40.1 Å². The van der Waals surface area contributed by atoms with Crippen molar-refractivity contribution in [2.24, 2.45) is 0 Å². The number of hydrogen-bond acceptors (Lipinski definition) is 5. The van der Waals surface area contributed by atoms with Crippen molar-refractivity contribution in [1.82, 2.24) is 5.32 Å². The van der Waals surface area contributed by atoms with Crippen molar-refractivity contribution in [3.63, 3.8) is 0 Å². The highest BCUT2D eigenvalue weighted by Crippen LogP contribution is 2.39. The summed E-state index contributed by atoms with van der Waals surface area (Å²) in [7, 11) is 4.87. The van der Waals surface area contributed by atoms with Crippen molar-refractivity contribution < 1.29 is 18.9 Å². The van der Waals surface area contributed by atoms with Gasteiger partial charge in [0.1, 0.15) is 0 Å². The van der Waals surface area contributed by atoms with Gasteiger partial charge in [-0.15, -0.1) is 0 Å². The van der Waals surface area contributed by atoms with E-state index in [1.165, 1.54) is 0 Å². The largest absolute Gasteiger partial charge is 0.493 e. The molecule has 112 valence electrons. The molecule has 0 saturated carbocycles. The molecule has 0 aliphatic carbocycles. The van der Waals surface area contributed by atoms with E-state index in [1.54, 1.807) is 21.3 Å². The van der Waals surface area contributed by atoms with Gasteiger partial charge >= 0.3 is 0 Å². The molecule has 1 heterocycles. The molecule has 0 spiro atoms. The van der Waals surface area contributed by atoms with Gasteiger partial charge in [-0.3, -0.25) is 0 Å². The van der Waals surface area contributed by atoms with E-state index in [4.69, 9.17) is 18.9 Å². The molecule has 2 unspecified atom stereocenters. The van der Waals surface area contributed by atoms with Gasteiger partial charge in [0.2, 0.25) is 5.75 Å². The number of rotatable bonds is 6. The molecule has 5 heteroatoms. The van der Waals surface area contributed by atoms with Crippen LogP contribution in [0.25, 0.3) is 0 Å². The first-order valence-corrected chi connectivity index (χ1v) is 6.84.